The van der Waals surface area contributed by atoms with E-state index in [-0.39, 0.29) is 4.90 Å². The molecule has 0 fully saturated rings. The molecule has 5 nitrogen and oxygen atoms in total. The molecule has 1 aliphatic heterocycles. The molecule has 4 aromatic rings. The Morgan fingerprint density at radius 2 is 1.67 bits per heavy atom. The summed E-state index contributed by atoms with van der Waals surface area (Å²) < 4.78 is 28.8. The van der Waals surface area contributed by atoms with Gasteiger partial charge in [-0.1, -0.05) is 60.1 Å². The zero-order chi connectivity index (χ0) is 23.0. The smallest absolute Gasteiger partial charge is 0.242 e. The van der Waals surface area contributed by atoms with Gasteiger partial charge in [0.1, 0.15) is 5.75 Å². The van der Waals surface area contributed by atoms with E-state index in [1.165, 1.54) is 0 Å². The van der Waals surface area contributed by atoms with Gasteiger partial charge in [0.25, 0.3) is 0 Å². The highest BCUT2D eigenvalue weighted by Crippen LogP contribution is 2.30. The number of carbonyl (C=O) groups excluding carboxylic acids is 1. The van der Waals surface area contributed by atoms with Gasteiger partial charge in [0, 0.05) is 40.9 Å². The summed E-state index contributed by atoms with van der Waals surface area (Å²) in [6.07, 6.45) is 3.36. The monoisotopic (exact) mass is 478 g/mol. The van der Waals surface area contributed by atoms with Gasteiger partial charge in [0.2, 0.25) is 5.91 Å². The molecule has 1 amide bonds. The van der Waals surface area contributed by atoms with E-state index < -0.39 is 21.5 Å². The molecule has 1 aromatic heterocycles. The number of aromatic nitrogens is 1. The van der Waals surface area contributed by atoms with Gasteiger partial charge in [-0.05, 0) is 48.2 Å². The molecule has 0 unspecified atom stereocenters. The third-order valence-corrected chi connectivity index (χ3v) is 7.95. The Balaban J connectivity index is 1.47. The lowest BCUT2D eigenvalue weighted by Crippen LogP contribution is -2.39. The quantitative estimate of drug-likeness (QED) is 0.401. The summed E-state index contributed by atoms with van der Waals surface area (Å²) in [4.78, 5) is 14.9. The van der Waals surface area contributed by atoms with Gasteiger partial charge in [0.15, 0.2) is 9.84 Å². The number of hydrogen-bond acceptors (Lipinski definition) is 3. The molecular weight excluding hydrogens is 456 g/mol. The molecule has 0 atom stereocenters. The van der Waals surface area contributed by atoms with Crippen LogP contribution in [0.25, 0.3) is 10.9 Å². The second-order valence-corrected chi connectivity index (χ2v) is 10.7. The lowest BCUT2D eigenvalue weighted by molar-refractivity contribution is -0.116. The summed E-state index contributed by atoms with van der Waals surface area (Å²) in [6, 6.07) is 22.6. The fourth-order valence-corrected chi connectivity index (χ4v) is 6.05. The maximum absolute atomic E-state index is 13.4. The topological polar surface area (TPSA) is 59.4 Å². The van der Waals surface area contributed by atoms with Crippen LogP contribution in [-0.2, 0) is 27.6 Å². The molecule has 5 rings (SSSR count). The van der Waals surface area contributed by atoms with Gasteiger partial charge in [-0.3, -0.25) is 4.79 Å². The molecule has 0 bridgehead atoms. The number of hydrogen-bond donors (Lipinski definition) is 0. The number of carbonyl (C=O) groups is 1. The number of para-hydroxylation sites is 2. The first-order valence-electron chi connectivity index (χ1n) is 10.9. The lowest BCUT2D eigenvalue weighted by Gasteiger charge is -2.29. The van der Waals surface area contributed by atoms with Crippen LogP contribution >= 0.6 is 11.6 Å². The first-order valence-corrected chi connectivity index (χ1v) is 12.9. The van der Waals surface area contributed by atoms with Crippen molar-refractivity contribution >= 4 is 43.9 Å². The van der Waals surface area contributed by atoms with Crippen LogP contribution in [0.2, 0.25) is 5.02 Å². The molecule has 0 aliphatic carbocycles. The molecule has 0 saturated heterocycles. The van der Waals surface area contributed by atoms with E-state index in [4.69, 9.17) is 11.6 Å². The van der Waals surface area contributed by atoms with Gasteiger partial charge in [-0.25, -0.2) is 8.42 Å². The number of benzene rings is 3. The molecule has 1 aliphatic rings. The van der Waals surface area contributed by atoms with Crippen LogP contribution in [-0.4, -0.2) is 31.2 Å². The lowest BCUT2D eigenvalue weighted by atomic mass is 10.0. The molecule has 168 valence electrons. The highest BCUT2D eigenvalue weighted by atomic mass is 35.5. The second kappa shape index (κ2) is 8.69. The van der Waals surface area contributed by atoms with Crippen molar-refractivity contribution in [1.29, 1.82) is 0 Å². The Bertz CT molecular complexity index is 1440. The van der Waals surface area contributed by atoms with Crippen LogP contribution in [0.3, 0.4) is 0 Å². The minimum Gasteiger partial charge on any atom is -0.342 e. The zero-order valence-corrected chi connectivity index (χ0v) is 19.5. The molecule has 33 heavy (non-hydrogen) atoms. The van der Waals surface area contributed by atoms with Crippen LogP contribution in [0.1, 0.15) is 17.5 Å². The summed E-state index contributed by atoms with van der Waals surface area (Å²) in [5, 5.41) is 1.27. The third kappa shape index (κ3) is 4.28. The van der Waals surface area contributed by atoms with Crippen LogP contribution in [0, 0.1) is 0 Å². The van der Waals surface area contributed by atoms with Crippen LogP contribution in [0.4, 0.5) is 5.69 Å². The minimum atomic E-state index is -3.85. The van der Waals surface area contributed by atoms with Crippen molar-refractivity contribution in [3.63, 3.8) is 0 Å². The molecule has 7 heteroatoms. The zero-order valence-electron chi connectivity index (χ0n) is 17.9. The van der Waals surface area contributed by atoms with E-state index in [1.807, 2.05) is 71.3 Å². The van der Waals surface area contributed by atoms with Crippen LogP contribution in [0.15, 0.2) is 83.9 Å². The fourth-order valence-electron chi connectivity index (χ4n) is 4.49. The second-order valence-electron chi connectivity index (χ2n) is 8.30. The van der Waals surface area contributed by atoms with Gasteiger partial charge >= 0.3 is 0 Å². The molecule has 0 radical (unpaired) electrons. The fraction of sp³-hybridized carbons (Fsp3) is 0.192. The molecule has 3 aromatic carbocycles. The normalized spacial score (nSPS) is 13.8. The van der Waals surface area contributed by atoms with Crippen LogP contribution < -0.4 is 4.90 Å². The SMILES string of the molecule is O=C(CS(=O)(=O)c1cn(Cc2ccc(Cl)cc2)c2ccccc12)N1CCCc2ccccc21. The average molecular weight is 479 g/mol. The first kappa shape index (κ1) is 21.7. The minimum absolute atomic E-state index is 0.186. The number of halogens is 1. The first-order chi connectivity index (χ1) is 15.9. The highest BCUT2D eigenvalue weighted by molar-refractivity contribution is 7.92. The molecule has 0 saturated carbocycles. The molecule has 0 spiro atoms. The Morgan fingerprint density at radius 3 is 2.48 bits per heavy atom. The number of anilines is 1. The summed E-state index contributed by atoms with van der Waals surface area (Å²) in [7, 11) is -3.85. The van der Waals surface area contributed by atoms with Crippen molar-refractivity contribution in [3.8, 4) is 0 Å². The van der Waals surface area contributed by atoms with E-state index in [0.29, 0.717) is 23.5 Å². The number of aryl methyl sites for hydroxylation is 1. The molecule has 2 heterocycles. The maximum atomic E-state index is 13.4. The van der Waals surface area contributed by atoms with Crippen molar-refractivity contribution in [2.24, 2.45) is 0 Å². The molecule has 0 N–H and O–H groups in total. The average Bonchev–Trinajstić information content (AvgIpc) is 3.19. The van der Waals surface area contributed by atoms with E-state index >= 15 is 0 Å². The Labute approximate surface area is 198 Å². The van der Waals surface area contributed by atoms with E-state index in [0.717, 1.165) is 35.2 Å². The van der Waals surface area contributed by atoms with Crippen molar-refractivity contribution in [2.45, 2.75) is 24.3 Å². The third-order valence-electron chi connectivity index (χ3n) is 6.08. The largest absolute Gasteiger partial charge is 0.342 e. The number of nitrogens with zero attached hydrogens (tertiary/aromatic N) is 2. The highest BCUT2D eigenvalue weighted by Gasteiger charge is 2.29. The van der Waals surface area contributed by atoms with Gasteiger partial charge in [-0.2, -0.15) is 0 Å². The standard InChI is InChI=1S/C26H23ClN2O3S/c27-21-13-11-19(12-14-21)16-28-17-25(22-8-2-4-10-24(22)28)33(31,32)18-26(30)29-15-5-7-20-6-1-3-9-23(20)29/h1-4,6,8-14,17H,5,7,15-16,18H2. The van der Waals surface area contributed by atoms with Crippen molar-refractivity contribution < 1.29 is 13.2 Å². The predicted octanol–water partition coefficient (Wildman–Crippen LogP) is 5.10. The van der Waals surface area contributed by atoms with E-state index in [1.54, 1.807) is 17.2 Å². The summed E-state index contributed by atoms with van der Waals surface area (Å²) in [5.74, 6) is -0.951. The number of sulfone groups is 1. The van der Waals surface area contributed by atoms with Gasteiger partial charge < -0.3 is 9.47 Å². The summed E-state index contributed by atoms with van der Waals surface area (Å²) >= 11 is 6.00. The Kier molecular flexibility index (Phi) is 5.72. The van der Waals surface area contributed by atoms with Gasteiger partial charge in [0.05, 0.1) is 4.90 Å². The van der Waals surface area contributed by atoms with Crippen LogP contribution in [0.5, 0.6) is 0 Å². The Hall–Kier alpha value is -3.09. The summed E-state index contributed by atoms with van der Waals surface area (Å²) in [5.41, 5.74) is 3.70. The van der Waals surface area contributed by atoms with Crippen molar-refractivity contribution in [2.75, 3.05) is 17.2 Å². The number of rotatable bonds is 5. The summed E-state index contributed by atoms with van der Waals surface area (Å²) in [6.45, 7) is 1.03. The van der Waals surface area contributed by atoms with Crippen molar-refractivity contribution in [3.05, 3.63) is 95.1 Å². The predicted molar refractivity (Wildman–Crippen MR) is 132 cm³/mol. The Morgan fingerprint density at radius 1 is 0.939 bits per heavy atom. The molecular formula is C26H23ClN2O3S. The van der Waals surface area contributed by atoms with E-state index in [9.17, 15) is 13.2 Å². The van der Waals surface area contributed by atoms with Gasteiger partial charge in [-0.15, -0.1) is 0 Å². The number of fused-ring (bicyclic) bond motifs is 2. The van der Waals surface area contributed by atoms with E-state index in [2.05, 4.69) is 0 Å². The number of amides is 1. The van der Waals surface area contributed by atoms with Crippen molar-refractivity contribution in [1.82, 2.24) is 4.57 Å². The maximum Gasteiger partial charge on any atom is 0.242 e.